The molecule has 1 fully saturated rings. The lowest BCUT2D eigenvalue weighted by atomic mass is 9.56. The molecule has 3 nitrogen and oxygen atoms in total. The van der Waals surface area contributed by atoms with Crippen LogP contribution in [-0.2, 0) is 9.53 Å². The lowest BCUT2D eigenvalue weighted by Gasteiger charge is -2.50. The lowest BCUT2D eigenvalue weighted by molar-refractivity contribution is -0.150. The van der Waals surface area contributed by atoms with Crippen LogP contribution < -0.4 is 0 Å². The van der Waals surface area contributed by atoms with Crippen LogP contribution >= 0.6 is 0 Å². The highest BCUT2D eigenvalue weighted by Crippen LogP contribution is 2.53. The molecule has 3 heteroatoms. The van der Waals surface area contributed by atoms with Crippen molar-refractivity contribution in [2.24, 2.45) is 17.3 Å². The number of carbonyl (C=O) groups is 1. The highest BCUT2D eigenvalue weighted by atomic mass is 16.5. The standard InChI is InChI=1S/C17H26O3/c1-10(2)15-9-17(5)11(3)6-14(19)7-13(17)8-16(15)20-12(4)18/h7,11,14-16,19H,1,6,8-9H2,2-5H3. The van der Waals surface area contributed by atoms with Crippen LogP contribution in [0, 0.1) is 17.3 Å². The molecule has 0 bridgehead atoms. The minimum Gasteiger partial charge on any atom is -0.462 e. The average molecular weight is 278 g/mol. The van der Waals surface area contributed by atoms with Crippen molar-refractivity contribution < 1.29 is 14.6 Å². The Morgan fingerprint density at radius 2 is 2.15 bits per heavy atom. The van der Waals surface area contributed by atoms with E-state index in [2.05, 4.69) is 20.4 Å². The number of carbonyl (C=O) groups excluding carboxylic acids is 1. The minimum atomic E-state index is -0.368. The summed E-state index contributed by atoms with van der Waals surface area (Å²) in [4.78, 5) is 11.3. The van der Waals surface area contributed by atoms with E-state index in [1.165, 1.54) is 12.5 Å². The van der Waals surface area contributed by atoms with E-state index in [1.807, 2.05) is 13.0 Å². The Balaban J connectivity index is 2.33. The first kappa shape index (κ1) is 15.3. The maximum absolute atomic E-state index is 11.3. The predicted octanol–water partition coefficient (Wildman–Crippen LogP) is 3.24. The number of hydrogen-bond acceptors (Lipinski definition) is 3. The largest absolute Gasteiger partial charge is 0.462 e. The summed E-state index contributed by atoms with van der Waals surface area (Å²) >= 11 is 0. The molecule has 0 aromatic rings. The third-order valence-electron chi connectivity index (χ3n) is 5.27. The second-order valence-electron chi connectivity index (χ2n) is 6.82. The van der Waals surface area contributed by atoms with E-state index in [9.17, 15) is 9.90 Å². The van der Waals surface area contributed by atoms with Gasteiger partial charge in [-0.05, 0) is 31.1 Å². The van der Waals surface area contributed by atoms with E-state index in [0.29, 0.717) is 5.92 Å². The number of ether oxygens (including phenoxy) is 1. The second kappa shape index (κ2) is 5.36. The minimum absolute atomic E-state index is 0.0828. The Morgan fingerprint density at radius 3 is 2.70 bits per heavy atom. The van der Waals surface area contributed by atoms with Gasteiger partial charge in [0, 0.05) is 19.3 Å². The van der Waals surface area contributed by atoms with Gasteiger partial charge in [0.25, 0.3) is 0 Å². The molecule has 0 aromatic heterocycles. The van der Waals surface area contributed by atoms with Crippen molar-refractivity contribution in [2.75, 3.05) is 0 Å². The normalized spacial score (nSPS) is 40.5. The first-order valence-electron chi connectivity index (χ1n) is 7.46. The molecule has 2 rings (SSSR count). The number of aliphatic hydroxyl groups excluding tert-OH is 1. The number of aliphatic hydroxyl groups is 1. The summed E-state index contributed by atoms with van der Waals surface area (Å²) in [6.45, 7) is 12.0. The van der Waals surface area contributed by atoms with Crippen molar-refractivity contribution in [3.05, 3.63) is 23.8 Å². The fourth-order valence-electron chi connectivity index (χ4n) is 3.84. The molecule has 1 N–H and O–H groups in total. The van der Waals surface area contributed by atoms with Crippen LogP contribution in [0.1, 0.15) is 47.0 Å². The summed E-state index contributed by atoms with van der Waals surface area (Å²) in [6, 6.07) is 0. The van der Waals surface area contributed by atoms with Crippen LogP contribution in [0.2, 0.25) is 0 Å². The Bertz CT molecular complexity index is 451. The van der Waals surface area contributed by atoms with Crippen molar-refractivity contribution in [3.63, 3.8) is 0 Å². The lowest BCUT2D eigenvalue weighted by Crippen LogP contribution is -2.45. The highest BCUT2D eigenvalue weighted by Gasteiger charge is 2.47. The van der Waals surface area contributed by atoms with Gasteiger partial charge in [0.05, 0.1) is 6.10 Å². The zero-order chi connectivity index (χ0) is 15.1. The zero-order valence-corrected chi connectivity index (χ0v) is 13.0. The molecule has 0 spiro atoms. The Kier molecular flexibility index (Phi) is 4.10. The van der Waals surface area contributed by atoms with E-state index in [-0.39, 0.29) is 29.5 Å². The van der Waals surface area contributed by atoms with Crippen LogP contribution in [0.4, 0.5) is 0 Å². The smallest absolute Gasteiger partial charge is 0.302 e. The van der Waals surface area contributed by atoms with Crippen molar-refractivity contribution in [1.29, 1.82) is 0 Å². The summed E-state index contributed by atoms with van der Waals surface area (Å²) in [5, 5.41) is 9.97. The Labute approximate surface area is 121 Å². The molecule has 0 saturated heterocycles. The topological polar surface area (TPSA) is 46.5 Å². The maximum atomic E-state index is 11.3. The summed E-state index contributed by atoms with van der Waals surface area (Å²) in [5.41, 5.74) is 2.40. The van der Waals surface area contributed by atoms with E-state index in [1.54, 1.807) is 0 Å². The van der Waals surface area contributed by atoms with Gasteiger partial charge in [-0.25, -0.2) is 0 Å². The molecule has 0 amide bonds. The molecule has 5 atom stereocenters. The van der Waals surface area contributed by atoms with Crippen molar-refractivity contribution in [3.8, 4) is 0 Å². The zero-order valence-electron chi connectivity index (χ0n) is 13.0. The van der Waals surface area contributed by atoms with Crippen LogP contribution in [0.15, 0.2) is 23.8 Å². The quantitative estimate of drug-likeness (QED) is 0.623. The van der Waals surface area contributed by atoms with Crippen LogP contribution in [0.25, 0.3) is 0 Å². The molecule has 0 heterocycles. The SMILES string of the molecule is C=C(C)C1CC2(C)C(=CC(O)CC2C)CC1OC(C)=O. The number of rotatable bonds is 2. The van der Waals surface area contributed by atoms with Crippen molar-refractivity contribution in [2.45, 2.75) is 59.2 Å². The van der Waals surface area contributed by atoms with Gasteiger partial charge < -0.3 is 9.84 Å². The molecular formula is C17H26O3. The van der Waals surface area contributed by atoms with Gasteiger partial charge in [0.2, 0.25) is 0 Å². The summed E-state index contributed by atoms with van der Waals surface area (Å²) in [5.74, 6) is 0.395. The van der Waals surface area contributed by atoms with Crippen molar-refractivity contribution in [1.82, 2.24) is 0 Å². The molecule has 1 saturated carbocycles. The molecule has 112 valence electrons. The molecule has 0 radical (unpaired) electrons. The monoisotopic (exact) mass is 278 g/mol. The third-order valence-corrected chi connectivity index (χ3v) is 5.27. The summed E-state index contributed by atoms with van der Waals surface area (Å²) in [7, 11) is 0. The average Bonchev–Trinajstić information content (AvgIpc) is 2.30. The summed E-state index contributed by atoms with van der Waals surface area (Å²) in [6.07, 6.45) is 3.94. The van der Waals surface area contributed by atoms with E-state index < -0.39 is 0 Å². The van der Waals surface area contributed by atoms with E-state index in [4.69, 9.17) is 4.74 Å². The van der Waals surface area contributed by atoms with Gasteiger partial charge in [0.1, 0.15) is 6.10 Å². The third kappa shape index (κ3) is 2.69. The fraction of sp³-hybridized carbons (Fsp3) is 0.706. The first-order chi connectivity index (χ1) is 9.24. The Morgan fingerprint density at radius 1 is 1.50 bits per heavy atom. The molecule has 20 heavy (non-hydrogen) atoms. The summed E-state index contributed by atoms with van der Waals surface area (Å²) < 4.78 is 5.51. The van der Waals surface area contributed by atoms with Crippen LogP contribution in [0.5, 0.6) is 0 Å². The van der Waals surface area contributed by atoms with Gasteiger partial charge in [-0.1, -0.05) is 37.6 Å². The Hall–Kier alpha value is -1.09. The molecule has 0 aliphatic heterocycles. The highest BCUT2D eigenvalue weighted by molar-refractivity contribution is 5.66. The van der Waals surface area contributed by atoms with Crippen LogP contribution in [-0.4, -0.2) is 23.3 Å². The van der Waals surface area contributed by atoms with Gasteiger partial charge in [-0.3, -0.25) is 4.79 Å². The molecular weight excluding hydrogens is 252 g/mol. The maximum Gasteiger partial charge on any atom is 0.302 e. The fourth-order valence-corrected chi connectivity index (χ4v) is 3.84. The van der Waals surface area contributed by atoms with Gasteiger partial charge in [0.15, 0.2) is 0 Å². The number of hydrogen-bond donors (Lipinski definition) is 1. The van der Waals surface area contributed by atoms with Gasteiger partial charge in [-0.15, -0.1) is 0 Å². The number of esters is 1. The molecule has 0 aromatic carbocycles. The van der Waals surface area contributed by atoms with E-state index in [0.717, 1.165) is 24.8 Å². The van der Waals surface area contributed by atoms with E-state index >= 15 is 0 Å². The van der Waals surface area contributed by atoms with Gasteiger partial charge in [-0.2, -0.15) is 0 Å². The van der Waals surface area contributed by atoms with Crippen molar-refractivity contribution >= 4 is 5.97 Å². The molecule has 5 unspecified atom stereocenters. The predicted molar refractivity (Wildman–Crippen MR) is 79.1 cm³/mol. The first-order valence-corrected chi connectivity index (χ1v) is 7.46. The molecule has 2 aliphatic rings. The second-order valence-corrected chi connectivity index (χ2v) is 6.82. The van der Waals surface area contributed by atoms with Gasteiger partial charge >= 0.3 is 5.97 Å². The van der Waals surface area contributed by atoms with Crippen LogP contribution in [0.3, 0.4) is 0 Å². The molecule has 2 aliphatic carbocycles. The number of fused-ring (bicyclic) bond motifs is 1.